The minimum Gasteiger partial charge on any atom is -0.487 e. The molecule has 0 aromatic carbocycles. The van der Waals surface area contributed by atoms with Crippen molar-refractivity contribution in [2.75, 3.05) is 6.54 Å². The van der Waals surface area contributed by atoms with Gasteiger partial charge in [0.25, 0.3) is 0 Å². The molecule has 1 aromatic heterocycles. The molecular weight excluding hydrogens is 278 g/mol. The molecule has 5 heteroatoms. The van der Waals surface area contributed by atoms with Crippen LogP contribution in [0.25, 0.3) is 0 Å². The van der Waals surface area contributed by atoms with Crippen LogP contribution in [0.5, 0.6) is 5.75 Å². The molecule has 114 valence electrons. The molecule has 5 nitrogen and oxygen atoms in total. The molecule has 1 aromatic rings. The Hall–Kier alpha value is -2.09. The molecule has 2 atom stereocenters. The van der Waals surface area contributed by atoms with Crippen LogP contribution in [0.1, 0.15) is 50.3 Å². The number of pyridine rings is 1. The normalized spacial score (nSPS) is 26.1. The predicted octanol–water partition coefficient (Wildman–Crippen LogP) is 2.42. The molecule has 0 radical (unpaired) electrons. The monoisotopic (exact) mass is 297 g/mol. The number of nitrogens with zero attached hydrogens (tertiary/aromatic N) is 3. The highest BCUT2D eigenvalue weighted by molar-refractivity contribution is 5.83. The van der Waals surface area contributed by atoms with Gasteiger partial charge in [-0.25, -0.2) is 0 Å². The van der Waals surface area contributed by atoms with Gasteiger partial charge in [-0.3, -0.25) is 9.78 Å². The Morgan fingerprint density at radius 2 is 2.23 bits per heavy atom. The largest absolute Gasteiger partial charge is 0.487 e. The molecule has 2 bridgehead atoms. The van der Waals surface area contributed by atoms with E-state index in [0.29, 0.717) is 23.8 Å². The second kappa shape index (κ2) is 4.45. The lowest BCUT2D eigenvalue weighted by atomic mass is 9.85. The second-order valence-electron chi connectivity index (χ2n) is 7.16. The number of likely N-dealkylation sites (tertiary alicyclic amines) is 1. The van der Waals surface area contributed by atoms with E-state index in [1.54, 1.807) is 6.20 Å². The Kier molecular flexibility index (Phi) is 2.75. The lowest BCUT2D eigenvalue weighted by Crippen LogP contribution is -2.42. The van der Waals surface area contributed by atoms with Crippen LogP contribution in [-0.4, -0.2) is 28.4 Å². The highest BCUT2D eigenvalue weighted by atomic mass is 16.5. The zero-order valence-corrected chi connectivity index (χ0v) is 12.9. The molecular formula is C17H19N3O2. The third-order valence-corrected chi connectivity index (χ3v) is 5.36. The molecule has 3 heterocycles. The number of rotatable bonds is 2. The number of ether oxygens (including phenoxy) is 1. The average molecular weight is 297 g/mol. The van der Waals surface area contributed by atoms with Crippen LogP contribution in [0.15, 0.2) is 12.4 Å². The molecule has 3 aliphatic rings. The van der Waals surface area contributed by atoms with E-state index in [0.717, 1.165) is 24.8 Å². The summed E-state index contributed by atoms with van der Waals surface area (Å²) in [6, 6.07) is 2.14. The number of nitriles is 1. The summed E-state index contributed by atoms with van der Waals surface area (Å²) in [4.78, 5) is 19.1. The highest BCUT2D eigenvalue weighted by Crippen LogP contribution is 2.50. The molecule has 1 aliphatic carbocycles. The number of carbonyl (C=O) groups excluding carboxylic acids is 1. The smallest absolute Gasteiger partial charge is 0.229 e. The van der Waals surface area contributed by atoms with Crippen molar-refractivity contribution in [3.8, 4) is 11.8 Å². The van der Waals surface area contributed by atoms with Crippen molar-refractivity contribution in [3.63, 3.8) is 0 Å². The highest BCUT2D eigenvalue weighted by Gasteiger charge is 2.51. The van der Waals surface area contributed by atoms with E-state index < -0.39 is 0 Å². The number of amides is 1. The van der Waals surface area contributed by atoms with Crippen LogP contribution >= 0.6 is 0 Å². The van der Waals surface area contributed by atoms with Crippen molar-refractivity contribution in [2.45, 2.75) is 45.3 Å². The van der Waals surface area contributed by atoms with Crippen LogP contribution in [0, 0.1) is 22.7 Å². The van der Waals surface area contributed by atoms with Gasteiger partial charge in [0, 0.05) is 29.8 Å². The molecule has 1 saturated heterocycles. The standard InChI is InChI=1S/C17H19N3O2/c1-17(2,11-3-4-11)16(21)20-9-12-5-14(20)13-8-19-7-10(6-18)15(13)22-12/h7-8,11-12,14H,3-5,9H2,1-2H3/t12-,14-/m0/s1. The quantitative estimate of drug-likeness (QED) is 0.841. The number of fused-ring (bicyclic) bond motifs is 4. The molecule has 1 saturated carbocycles. The molecule has 4 rings (SSSR count). The van der Waals surface area contributed by atoms with Crippen LogP contribution in [0.2, 0.25) is 0 Å². The lowest BCUT2D eigenvalue weighted by Gasteiger charge is -2.33. The Bertz CT molecular complexity index is 688. The van der Waals surface area contributed by atoms with Gasteiger partial charge in [-0.1, -0.05) is 13.8 Å². The summed E-state index contributed by atoms with van der Waals surface area (Å²) in [7, 11) is 0. The number of hydrogen-bond acceptors (Lipinski definition) is 4. The van der Waals surface area contributed by atoms with Gasteiger partial charge in [0.2, 0.25) is 5.91 Å². The third-order valence-electron chi connectivity index (χ3n) is 5.36. The van der Waals surface area contributed by atoms with Crippen LogP contribution in [0.3, 0.4) is 0 Å². The summed E-state index contributed by atoms with van der Waals surface area (Å²) >= 11 is 0. The molecule has 1 amide bonds. The van der Waals surface area contributed by atoms with Gasteiger partial charge < -0.3 is 9.64 Å². The van der Waals surface area contributed by atoms with E-state index in [9.17, 15) is 10.1 Å². The van der Waals surface area contributed by atoms with Gasteiger partial charge in [0.1, 0.15) is 23.5 Å². The fourth-order valence-electron chi connectivity index (χ4n) is 3.83. The van der Waals surface area contributed by atoms with Gasteiger partial charge in [0.05, 0.1) is 12.6 Å². The van der Waals surface area contributed by atoms with E-state index in [4.69, 9.17) is 4.74 Å². The average Bonchev–Trinajstić information content (AvgIpc) is 3.31. The summed E-state index contributed by atoms with van der Waals surface area (Å²) in [5.74, 6) is 1.34. The first-order chi connectivity index (χ1) is 10.5. The summed E-state index contributed by atoms with van der Waals surface area (Å²) in [5.41, 5.74) is 1.04. The molecule has 2 aliphatic heterocycles. The third kappa shape index (κ3) is 1.83. The van der Waals surface area contributed by atoms with E-state index in [-0.39, 0.29) is 23.5 Å². The molecule has 22 heavy (non-hydrogen) atoms. The minimum absolute atomic E-state index is 0.0000694. The van der Waals surface area contributed by atoms with E-state index >= 15 is 0 Å². The topological polar surface area (TPSA) is 66.2 Å². The van der Waals surface area contributed by atoms with Crippen molar-refractivity contribution in [1.29, 1.82) is 5.26 Å². The maximum absolute atomic E-state index is 13.0. The first-order valence-electron chi connectivity index (χ1n) is 7.88. The summed E-state index contributed by atoms with van der Waals surface area (Å²) in [5, 5.41) is 9.22. The first-order valence-corrected chi connectivity index (χ1v) is 7.88. The Balaban J connectivity index is 1.70. The van der Waals surface area contributed by atoms with Crippen molar-refractivity contribution in [2.24, 2.45) is 11.3 Å². The minimum atomic E-state index is -0.308. The van der Waals surface area contributed by atoms with Crippen molar-refractivity contribution in [1.82, 2.24) is 9.88 Å². The zero-order chi connectivity index (χ0) is 15.5. The fraction of sp³-hybridized carbons (Fsp3) is 0.588. The van der Waals surface area contributed by atoms with Gasteiger partial charge in [0.15, 0.2) is 0 Å². The second-order valence-corrected chi connectivity index (χ2v) is 7.16. The predicted molar refractivity (Wildman–Crippen MR) is 78.9 cm³/mol. The molecule has 0 N–H and O–H groups in total. The summed E-state index contributed by atoms with van der Waals surface area (Å²) in [6.07, 6.45) is 6.36. The van der Waals surface area contributed by atoms with Crippen LogP contribution in [-0.2, 0) is 4.79 Å². The van der Waals surface area contributed by atoms with Crippen molar-refractivity contribution >= 4 is 5.91 Å². The SMILES string of the molecule is CC(C)(C(=O)N1C[C@@H]2C[C@H]1c1cncc(C#N)c1O2)C1CC1. The maximum Gasteiger partial charge on any atom is 0.229 e. The van der Waals surface area contributed by atoms with Crippen molar-refractivity contribution in [3.05, 3.63) is 23.5 Å². The van der Waals surface area contributed by atoms with E-state index in [1.165, 1.54) is 6.20 Å². The zero-order valence-electron chi connectivity index (χ0n) is 12.9. The Labute approximate surface area is 129 Å². The van der Waals surface area contributed by atoms with Crippen LogP contribution in [0.4, 0.5) is 0 Å². The molecule has 0 unspecified atom stereocenters. The van der Waals surface area contributed by atoms with Crippen molar-refractivity contribution < 1.29 is 9.53 Å². The van der Waals surface area contributed by atoms with E-state index in [1.807, 2.05) is 4.90 Å². The number of carbonyl (C=O) groups is 1. The lowest BCUT2D eigenvalue weighted by molar-refractivity contribution is -0.142. The van der Waals surface area contributed by atoms with Gasteiger partial charge in [-0.15, -0.1) is 0 Å². The van der Waals surface area contributed by atoms with Gasteiger partial charge in [-0.05, 0) is 18.8 Å². The maximum atomic E-state index is 13.0. The van der Waals surface area contributed by atoms with Crippen LogP contribution < -0.4 is 4.74 Å². The summed E-state index contributed by atoms with van der Waals surface area (Å²) < 4.78 is 5.96. The molecule has 2 fully saturated rings. The molecule has 0 spiro atoms. The fourth-order valence-corrected chi connectivity index (χ4v) is 3.83. The first kappa shape index (κ1) is 13.6. The summed E-state index contributed by atoms with van der Waals surface area (Å²) in [6.45, 7) is 4.72. The number of aromatic nitrogens is 1. The number of hydrogen-bond donors (Lipinski definition) is 0. The Morgan fingerprint density at radius 1 is 1.45 bits per heavy atom. The Morgan fingerprint density at radius 3 is 2.91 bits per heavy atom. The van der Waals surface area contributed by atoms with Gasteiger partial charge >= 0.3 is 0 Å². The van der Waals surface area contributed by atoms with Gasteiger partial charge in [-0.2, -0.15) is 5.26 Å². The van der Waals surface area contributed by atoms with E-state index in [2.05, 4.69) is 24.9 Å².